The zero-order valence-electron chi connectivity index (χ0n) is 9.06. The summed E-state index contributed by atoms with van der Waals surface area (Å²) < 4.78 is 0. The zero-order chi connectivity index (χ0) is 11.5. The van der Waals surface area contributed by atoms with Crippen molar-refractivity contribution in [1.82, 2.24) is 20.3 Å². The van der Waals surface area contributed by atoms with E-state index in [4.69, 9.17) is 0 Å². The quantitative estimate of drug-likeness (QED) is 0.810. The summed E-state index contributed by atoms with van der Waals surface area (Å²) in [5.41, 5.74) is 1.54. The average Bonchev–Trinajstić information content (AvgIpc) is 2.27. The van der Waals surface area contributed by atoms with Crippen molar-refractivity contribution in [2.24, 2.45) is 0 Å². The summed E-state index contributed by atoms with van der Waals surface area (Å²) in [5.74, 6) is -0.193. The molecule has 1 amide bonds. The van der Waals surface area contributed by atoms with Gasteiger partial charge in [0.2, 0.25) is 0 Å². The van der Waals surface area contributed by atoms with Gasteiger partial charge in [-0.1, -0.05) is 0 Å². The Labute approximate surface area is 92.9 Å². The molecule has 0 aliphatic carbocycles. The van der Waals surface area contributed by atoms with Crippen molar-refractivity contribution < 1.29 is 4.79 Å². The van der Waals surface area contributed by atoms with E-state index in [-0.39, 0.29) is 11.9 Å². The summed E-state index contributed by atoms with van der Waals surface area (Å²) in [7, 11) is 0. The topological polar surface area (TPSA) is 67.8 Å². The van der Waals surface area contributed by atoms with Gasteiger partial charge in [0, 0.05) is 12.2 Å². The minimum atomic E-state index is -0.193. The van der Waals surface area contributed by atoms with Crippen molar-refractivity contribution in [3.05, 3.63) is 30.4 Å². The van der Waals surface area contributed by atoms with Gasteiger partial charge < -0.3 is 5.32 Å². The predicted octanol–water partition coefficient (Wildman–Crippen LogP) is 0.963. The SMILES string of the molecule is CC(C)NC(=O)c1cncc2nc[c]nc12. The van der Waals surface area contributed by atoms with E-state index in [9.17, 15) is 4.79 Å². The van der Waals surface area contributed by atoms with Crippen molar-refractivity contribution in [2.45, 2.75) is 19.9 Å². The maximum absolute atomic E-state index is 11.8. The first-order valence-electron chi connectivity index (χ1n) is 4.96. The van der Waals surface area contributed by atoms with Crippen molar-refractivity contribution in [1.29, 1.82) is 0 Å². The molecule has 0 saturated heterocycles. The molecule has 1 N–H and O–H groups in total. The van der Waals surface area contributed by atoms with Gasteiger partial charge in [0.25, 0.3) is 5.91 Å². The molecule has 16 heavy (non-hydrogen) atoms. The van der Waals surface area contributed by atoms with Gasteiger partial charge >= 0.3 is 0 Å². The first-order chi connectivity index (χ1) is 7.68. The second-order valence-electron chi connectivity index (χ2n) is 3.68. The van der Waals surface area contributed by atoms with E-state index in [0.29, 0.717) is 16.6 Å². The third-order valence-electron chi connectivity index (χ3n) is 2.00. The molecule has 0 aliphatic rings. The van der Waals surface area contributed by atoms with Crippen LogP contribution in [0.5, 0.6) is 0 Å². The Morgan fingerprint density at radius 1 is 1.44 bits per heavy atom. The second-order valence-corrected chi connectivity index (χ2v) is 3.68. The highest BCUT2D eigenvalue weighted by Crippen LogP contribution is 2.11. The Morgan fingerprint density at radius 2 is 2.25 bits per heavy atom. The predicted molar refractivity (Wildman–Crippen MR) is 58.8 cm³/mol. The largest absolute Gasteiger partial charge is 0.350 e. The molecule has 2 aromatic heterocycles. The number of hydrogen-bond acceptors (Lipinski definition) is 4. The van der Waals surface area contributed by atoms with Crippen LogP contribution in [0.15, 0.2) is 18.6 Å². The molecule has 5 nitrogen and oxygen atoms in total. The number of hydrogen-bond donors (Lipinski definition) is 1. The molecule has 0 spiro atoms. The fourth-order valence-electron chi connectivity index (χ4n) is 1.35. The maximum Gasteiger partial charge on any atom is 0.255 e. The van der Waals surface area contributed by atoms with Gasteiger partial charge in [0.15, 0.2) is 0 Å². The first-order valence-corrected chi connectivity index (χ1v) is 4.96. The Balaban J connectivity index is 2.48. The highest BCUT2D eigenvalue weighted by molar-refractivity contribution is 6.04. The van der Waals surface area contributed by atoms with E-state index < -0.39 is 0 Å². The number of carbonyl (C=O) groups excluding carboxylic acids is 1. The van der Waals surface area contributed by atoms with Crippen molar-refractivity contribution in [3.63, 3.8) is 0 Å². The number of aromatic nitrogens is 3. The fraction of sp³-hybridized carbons (Fsp3) is 0.273. The lowest BCUT2D eigenvalue weighted by molar-refractivity contribution is 0.0944. The average molecular weight is 215 g/mol. The van der Waals surface area contributed by atoms with E-state index in [0.717, 1.165) is 0 Å². The molecule has 81 valence electrons. The summed E-state index contributed by atoms with van der Waals surface area (Å²) in [6.07, 6.45) is 7.13. The van der Waals surface area contributed by atoms with Crippen LogP contribution in [0.2, 0.25) is 0 Å². The molecule has 0 fully saturated rings. The Hall–Kier alpha value is -2.04. The summed E-state index contributed by atoms with van der Waals surface area (Å²) in [6.45, 7) is 3.79. The second kappa shape index (κ2) is 4.22. The third kappa shape index (κ3) is 1.98. The first kappa shape index (κ1) is 10.5. The van der Waals surface area contributed by atoms with E-state index in [1.54, 1.807) is 6.20 Å². The van der Waals surface area contributed by atoms with Crippen LogP contribution in [0.25, 0.3) is 11.0 Å². The van der Waals surface area contributed by atoms with E-state index in [1.807, 2.05) is 13.8 Å². The Morgan fingerprint density at radius 3 is 3.00 bits per heavy atom. The molecule has 0 atom stereocenters. The lowest BCUT2D eigenvalue weighted by Crippen LogP contribution is -2.30. The van der Waals surface area contributed by atoms with Crippen LogP contribution in [0.3, 0.4) is 0 Å². The molecule has 0 saturated carbocycles. The van der Waals surface area contributed by atoms with E-state index in [1.165, 1.54) is 12.4 Å². The van der Waals surface area contributed by atoms with Crippen LogP contribution in [0, 0.1) is 6.20 Å². The minimum absolute atomic E-state index is 0.0726. The standard InChI is InChI=1S/C11H11N4O/c1-7(2)15-11(16)8-5-12-6-9-10(8)14-4-3-13-9/h3,5-7H,1-2H3,(H,15,16). The van der Waals surface area contributed by atoms with Crippen molar-refractivity contribution >= 4 is 16.9 Å². The molecule has 2 rings (SSSR count). The number of carbonyl (C=O) groups is 1. The zero-order valence-corrected chi connectivity index (χ0v) is 9.06. The lowest BCUT2D eigenvalue weighted by atomic mass is 10.2. The molecule has 0 bridgehead atoms. The summed E-state index contributed by atoms with van der Waals surface area (Å²) in [6, 6.07) is 0.0726. The molecule has 0 aliphatic heterocycles. The van der Waals surface area contributed by atoms with Crippen LogP contribution in [-0.2, 0) is 0 Å². The normalized spacial score (nSPS) is 10.7. The van der Waals surface area contributed by atoms with E-state index >= 15 is 0 Å². The van der Waals surface area contributed by atoms with Gasteiger partial charge in [-0.25, -0.2) is 4.98 Å². The van der Waals surface area contributed by atoms with Crippen LogP contribution in [0.1, 0.15) is 24.2 Å². The molecule has 0 unspecified atom stereocenters. The van der Waals surface area contributed by atoms with Gasteiger partial charge in [0.1, 0.15) is 17.2 Å². The van der Waals surface area contributed by atoms with Gasteiger partial charge in [-0.2, -0.15) is 0 Å². The summed E-state index contributed by atoms with van der Waals surface area (Å²) >= 11 is 0. The number of nitrogens with zero attached hydrogens (tertiary/aromatic N) is 3. The molecule has 5 heteroatoms. The van der Waals surface area contributed by atoms with Gasteiger partial charge in [0.05, 0.1) is 18.0 Å². The monoisotopic (exact) mass is 215 g/mol. The highest BCUT2D eigenvalue weighted by atomic mass is 16.1. The van der Waals surface area contributed by atoms with Crippen LogP contribution < -0.4 is 5.32 Å². The van der Waals surface area contributed by atoms with Gasteiger partial charge in [-0.15, -0.1) is 0 Å². The number of fused-ring (bicyclic) bond motifs is 1. The van der Waals surface area contributed by atoms with Crippen molar-refractivity contribution in [3.8, 4) is 0 Å². The summed E-state index contributed by atoms with van der Waals surface area (Å²) in [4.78, 5) is 23.9. The van der Waals surface area contributed by atoms with Crippen molar-refractivity contribution in [2.75, 3.05) is 0 Å². The van der Waals surface area contributed by atoms with Gasteiger partial charge in [-0.05, 0) is 13.8 Å². The molecule has 0 aromatic carbocycles. The fourth-order valence-corrected chi connectivity index (χ4v) is 1.35. The Kier molecular flexibility index (Phi) is 2.76. The van der Waals surface area contributed by atoms with Crippen LogP contribution in [0.4, 0.5) is 0 Å². The van der Waals surface area contributed by atoms with Gasteiger partial charge in [-0.3, -0.25) is 14.8 Å². The molecule has 2 aromatic rings. The van der Waals surface area contributed by atoms with Crippen LogP contribution >= 0.6 is 0 Å². The number of amides is 1. The van der Waals surface area contributed by atoms with E-state index in [2.05, 4.69) is 26.5 Å². The lowest BCUT2D eigenvalue weighted by Gasteiger charge is -2.08. The van der Waals surface area contributed by atoms with Crippen LogP contribution in [-0.4, -0.2) is 26.9 Å². The number of rotatable bonds is 2. The summed E-state index contributed by atoms with van der Waals surface area (Å²) in [5, 5.41) is 2.79. The molecular formula is C11H11N4O. The minimum Gasteiger partial charge on any atom is -0.350 e. The number of nitrogens with one attached hydrogen (secondary N) is 1. The smallest absolute Gasteiger partial charge is 0.255 e. The third-order valence-corrected chi connectivity index (χ3v) is 2.00. The number of pyridine rings is 1. The molecular weight excluding hydrogens is 204 g/mol. The Bertz CT molecular complexity index is 519. The maximum atomic E-state index is 11.8. The molecule has 2 heterocycles. The highest BCUT2D eigenvalue weighted by Gasteiger charge is 2.12. The molecule has 1 radical (unpaired) electrons.